The maximum absolute atomic E-state index is 12.9. The molecule has 1 atom stereocenters. The Morgan fingerprint density at radius 1 is 1.14 bits per heavy atom. The normalized spacial score (nSPS) is 13.4. The third-order valence-corrected chi connectivity index (χ3v) is 2.91. The lowest BCUT2D eigenvalue weighted by atomic mass is 10.00. The molecule has 0 spiro atoms. The topological polar surface area (TPSA) is 0 Å². The summed E-state index contributed by atoms with van der Waals surface area (Å²) < 4.78 is 37.7. The van der Waals surface area contributed by atoms with E-state index >= 15 is 0 Å². The smallest absolute Gasteiger partial charge is 0.209 e. The van der Waals surface area contributed by atoms with Gasteiger partial charge in [-0.05, 0) is 42.7 Å². The van der Waals surface area contributed by atoms with E-state index in [9.17, 15) is 13.2 Å². The van der Waals surface area contributed by atoms with Gasteiger partial charge < -0.3 is 0 Å². The molecule has 4 heteroatoms. The van der Waals surface area contributed by atoms with Crippen LogP contribution in [0.1, 0.15) is 21.5 Å². The Morgan fingerprint density at radius 3 is 1.93 bits per heavy atom. The van der Waals surface area contributed by atoms with Crippen LogP contribution in [-0.4, -0.2) is 6.43 Å². The van der Waals surface area contributed by atoms with Crippen LogP contribution in [-0.2, 0) is 0 Å². The monoisotopic (exact) mass is 266 g/mol. The Bertz CT molecular complexity index is 313. The van der Waals surface area contributed by atoms with Crippen LogP contribution in [0.25, 0.3) is 0 Å². The van der Waals surface area contributed by atoms with E-state index in [1.807, 2.05) is 0 Å². The van der Waals surface area contributed by atoms with Crippen LogP contribution in [0.5, 0.6) is 0 Å². The molecule has 0 nitrogen and oxygen atoms in total. The SMILES string of the molecule is Cc1cc(F)cc(C)c1C(Br)C(F)F. The van der Waals surface area contributed by atoms with Gasteiger partial charge in [-0.2, -0.15) is 0 Å². The quantitative estimate of drug-likeness (QED) is 0.706. The molecule has 0 radical (unpaired) electrons. The first kappa shape index (κ1) is 11.6. The van der Waals surface area contributed by atoms with Gasteiger partial charge in [0, 0.05) is 0 Å². The first-order valence-electron chi connectivity index (χ1n) is 4.12. The zero-order valence-corrected chi connectivity index (χ0v) is 9.41. The van der Waals surface area contributed by atoms with Crippen molar-refractivity contribution in [3.05, 3.63) is 34.6 Å². The second kappa shape index (κ2) is 4.34. The average Bonchev–Trinajstić information content (AvgIpc) is 2.01. The number of rotatable bonds is 2. The second-order valence-corrected chi connectivity index (χ2v) is 4.18. The first-order valence-corrected chi connectivity index (χ1v) is 5.04. The molecule has 0 aliphatic rings. The third-order valence-electron chi connectivity index (χ3n) is 2.06. The molecule has 1 unspecified atom stereocenters. The lowest BCUT2D eigenvalue weighted by Gasteiger charge is -2.15. The largest absolute Gasteiger partial charge is 0.255 e. The third kappa shape index (κ3) is 2.29. The molecule has 0 N–H and O–H groups in total. The molecule has 14 heavy (non-hydrogen) atoms. The molecule has 0 heterocycles. The molecule has 0 saturated heterocycles. The van der Waals surface area contributed by atoms with Gasteiger partial charge in [-0.25, -0.2) is 13.2 Å². The Labute approximate surface area is 89.3 Å². The molecule has 0 aliphatic heterocycles. The van der Waals surface area contributed by atoms with Crippen molar-refractivity contribution in [3.8, 4) is 0 Å². The van der Waals surface area contributed by atoms with Crippen LogP contribution in [0, 0.1) is 19.7 Å². The van der Waals surface area contributed by atoms with Crippen LogP contribution < -0.4 is 0 Å². The highest BCUT2D eigenvalue weighted by Crippen LogP contribution is 2.34. The predicted molar refractivity (Wildman–Crippen MR) is 53.5 cm³/mol. The lowest BCUT2D eigenvalue weighted by molar-refractivity contribution is 0.147. The highest BCUT2D eigenvalue weighted by Gasteiger charge is 2.22. The van der Waals surface area contributed by atoms with Crippen molar-refractivity contribution in [2.24, 2.45) is 0 Å². The van der Waals surface area contributed by atoms with Crippen molar-refractivity contribution in [2.45, 2.75) is 25.1 Å². The van der Waals surface area contributed by atoms with E-state index in [1.54, 1.807) is 13.8 Å². The summed E-state index contributed by atoms with van der Waals surface area (Å²) in [4.78, 5) is -1.02. The number of halogens is 4. The molecule has 1 aromatic carbocycles. The highest BCUT2D eigenvalue weighted by atomic mass is 79.9. The van der Waals surface area contributed by atoms with Gasteiger partial charge in [-0.15, -0.1) is 0 Å². The molecule has 0 aromatic heterocycles. The van der Waals surface area contributed by atoms with E-state index in [0.29, 0.717) is 16.7 Å². The summed E-state index contributed by atoms with van der Waals surface area (Å²) in [6, 6.07) is 2.53. The zero-order valence-electron chi connectivity index (χ0n) is 7.82. The standard InChI is InChI=1S/C10H10BrF3/c1-5-3-7(12)4-6(2)8(5)9(11)10(13)14/h3-4,9-10H,1-2H3. The predicted octanol–water partition coefficient (Wildman–Crippen LogP) is 4.14. The minimum atomic E-state index is -2.49. The average molecular weight is 267 g/mol. The van der Waals surface area contributed by atoms with Gasteiger partial charge in [-0.3, -0.25) is 0 Å². The van der Waals surface area contributed by atoms with Crippen LogP contribution in [0.15, 0.2) is 12.1 Å². The van der Waals surface area contributed by atoms with E-state index in [0.717, 1.165) is 0 Å². The fraction of sp³-hybridized carbons (Fsp3) is 0.400. The Kier molecular flexibility index (Phi) is 3.59. The fourth-order valence-corrected chi connectivity index (χ4v) is 2.20. The van der Waals surface area contributed by atoms with Gasteiger partial charge in [0.2, 0.25) is 0 Å². The number of alkyl halides is 3. The molecule has 0 aliphatic carbocycles. The zero-order chi connectivity index (χ0) is 10.9. The summed E-state index contributed by atoms with van der Waals surface area (Å²) in [6.45, 7) is 3.25. The Morgan fingerprint density at radius 2 is 1.57 bits per heavy atom. The molecule has 0 saturated carbocycles. The van der Waals surface area contributed by atoms with Gasteiger partial charge >= 0.3 is 0 Å². The van der Waals surface area contributed by atoms with Crippen molar-refractivity contribution in [2.75, 3.05) is 0 Å². The fourth-order valence-electron chi connectivity index (χ4n) is 1.48. The molecular formula is C10H10BrF3. The molecule has 1 aromatic rings. The van der Waals surface area contributed by atoms with E-state index in [2.05, 4.69) is 15.9 Å². The summed E-state index contributed by atoms with van der Waals surface area (Å²) in [6.07, 6.45) is -2.49. The van der Waals surface area contributed by atoms with Crippen molar-refractivity contribution < 1.29 is 13.2 Å². The Hall–Kier alpha value is -0.510. The summed E-state index contributed by atoms with van der Waals surface area (Å²) in [5.74, 6) is -0.391. The second-order valence-electron chi connectivity index (χ2n) is 3.19. The van der Waals surface area contributed by atoms with Crippen molar-refractivity contribution in [1.82, 2.24) is 0 Å². The lowest BCUT2D eigenvalue weighted by Crippen LogP contribution is -2.06. The number of hydrogen-bond donors (Lipinski definition) is 0. The molecule has 1 rings (SSSR count). The first-order chi connectivity index (χ1) is 6.43. The summed E-state index contributed by atoms with van der Waals surface area (Å²) in [5.41, 5.74) is 1.57. The van der Waals surface area contributed by atoms with Crippen LogP contribution in [0.4, 0.5) is 13.2 Å². The minimum absolute atomic E-state index is 0.391. The number of hydrogen-bond acceptors (Lipinski definition) is 0. The van der Waals surface area contributed by atoms with E-state index in [1.165, 1.54) is 12.1 Å². The molecule has 0 amide bonds. The maximum Gasteiger partial charge on any atom is 0.255 e. The van der Waals surface area contributed by atoms with Crippen LogP contribution in [0.2, 0.25) is 0 Å². The van der Waals surface area contributed by atoms with E-state index in [4.69, 9.17) is 0 Å². The van der Waals surface area contributed by atoms with E-state index < -0.39 is 17.1 Å². The number of aryl methyl sites for hydroxylation is 2. The Balaban J connectivity index is 3.20. The van der Waals surface area contributed by atoms with Gasteiger partial charge in [0.05, 0.1) is 0 Å². The van der Waals surface area contributed by atoms with Gasteiger partial charge in [0.1, 0.15) is 10.6 Å². The molecular weight excluding hydrogens is 257 g/mol. The van der Waals surface area contributed by atoms with Crippen molar-refractivity contribution in [3.63, 3.8) is 0 Å². The van der Waals surface area contributed by atoms with Crippen molar-refractivity contribution in [1.29, 1.82) is 0 Å². The minimum Gasteiger partial charge on any atom is -0.209 e. The summed E-state index contributed by atoms with van der Waals surface area (Å²) in [5, 5.41) is 0. The maximum atomic E-state index is 12.9. The van der Waals surface area contributed by atoms with E-state index in [-0.39, 0.29) is 0 Å². The van der Waals surface area contributed by atoms with Crippen LogP contribution >= 0.6 is 15.9 Å². The summed E-state index contributed by atoms with van der Waals surface area (Å²) in [7, 11) is 0. The molecule has 78 valence electrons. The van der Waals surface area contributed by atoms with Crippen LogP contribution in [0.3, 0.4) is 0 Å². The summed E-state index contributed by atoms with van der Waals surface area (Å²) >= 11 is 2.90. The highest BCUT2D eigenvalue weighted by molar-refractivity contribution is 9.09. The van der Waals surface area contributed by atoms with Crippen molar-refractivity contribution >= 4 is 15.9 Å². The molecule has 0 fully saturated rings. The number of benzene rings is 1. The molecule has 0 bridgehead atoms. The van der Waals surface area contributed by atoms with Gasteiger partial charge in [0.25, 0.3) is 6.43 Å². The van der Waals surface area contributed by atoms with Gasteiger partial charge in [-0.1, -0.05) is 15.9 Å². The van der Waals surface area contributed by atoms with Gasteiger partial charge in [0.15, 0.2) is 0 Å².